The summed E-state index contributed by atoms with van der Waals surface area (Å²) in [7, 11) is 0. The minimum atomic E-state index is -0.107. The second-order valence-corrected chi connectivity index (χ2v) is 6.39. The van der Waals surface area contributed by atoms with Crippen molar-refractivity contribution in [3.05, 3.63) is 12.2 Å². The molecule has 2 heteroatoms. The van der Waals surface area contributed by atoms with Crippen molar-refractivity contribution in [2.75, 3.05) is 0 Å². The second-order valence-electron chi connectivity index (χ2n) is 6.39. The van der Waals surface area contributed by atoms with Crippen LogP contribution in [-0.4, -0.2) is 12.1 Å². The van der Waals surface area contributed by atoms with Crippen LogP contribution in [0.4, 0.5) is 0 Å². The van der Waals surface area contributed by atoms with Gasteiger partial charge in [0.05, 0.1) is 0 Å². The standard InChI is InChI=1S/C16H24O2/c17-16(18-15-4-2-1-3-5-15)9-8-14-11-12-6-7-13(14)10-12/h8-9,12-15H,1-7,10-11H2/b9-8+/t12-,13+,14+/m1/s1. The van der Waals surface area contributed by atoms with E-state index >= 15 is 0 Å². The molecule has 3 aliphatic rings. The highest BCUT2D eigenvalue weighted by Crippen LogP contribution is 2.48. The number of fused-ring (bicyclic) bond motifs is 2. The summed E-state index contributed by atoms with van der Waals surface area (Å²) in [5.74, 6) is 2.35. The monoisotopic (exact) mass is 248 g/mol. The third-order valence-corrected chi connectivity index (χ3v) is 5.11. The third-order valence-electron chi connectivity index (χ3n) is 5.11. The van der Waals surface area contributed by atoms with E-state index in [-0.39, 0.29) is 12.1 Å². The highest BCUT2D eigenvalue weighted by Gasteiger charge is 2.38. The molecular weight excluding hydrogens is 224 g/mol. The summed E-state index contributed by atoms with van der Waals surface area (Å²) < 4.78 is 5.51. The van der Waals surface area contributed by atoms with Gasteiger partial charge in [-0.3, -0.25) is 0 Å². The molecule has 3 rings (SSSR count). The number of carbonyl (C=O) groups excluding carboxylic acids is 1. The molecule has 0 amide bonds. The van der Waals surface area contributed by atoms with Crippen LogP contribution in [0.5, 0.6) is 0 Å². The van der Waals surface area contributed by atoms with Gasteiger partial charge < -0.3 is 4.74 Å². The molecule has 3 aliphatic carbocycles. The Morgan fingerprint density at radius 2 is 1.83 bits per heavy atom. The molecule has 0 saturated heterocycles. The van der Waals surface area contributed by atoms with Gasteiger partial charge in [0.2, 0.25) is 0 Å². The van der Waals surface area contributed by atoms with Gasteiger partial charge in [0.15, 0.2) is 0 Å². The van der Waals surface area contributed by atoms with Crippen LogP contribution in [0.1, 0.15) is 57.8 Å². The summed E-state index contributed by atoms with van der Waals surface area (Å²) in [5, 5.41) is 0. The predicted molar refractivity (Wildman–Crippen MR) is 71.0 cm³/mol. The lowest BCUT2D eigenvalue weighted by Crippen LogP contribution is -2.19. The van der Waals surface area contributed by atoms with Gasteiger partial charge in [-0.1, -0.05) is 18.9 Å². The molecule has 0 aromatic heterocycles. The van der Waals surface area contributed by atoms with E-state index in [2.05, 4.69) is 6.08 Å². The Bertz CT molecular complexity index is 328. The number of hydrogen-bond donors (Lipinski definition) is 0. The Labute approximate surface area is 110 Å². The fraction of sp³-hybridized carbons (Fsp3) is 0.812. The van der Waals surface area contributed by atoms with Crippen molar-refractivity contribution in [1.82, 2.24) is 0 Å². The summed E-state index contributed by atoms with van der Waals surface area (Å²) in [4.78, 5) is 11.8. The Kier molecular flexibility index (Phi) is 3.72. The average molecular weight is 248 g/mol. The summed E-state index contributed by atoms with van der Waals surface area (Å²) in [6, 6.07) is 0. The number of carbonyl (C=O) groups is 1. The van der Waals surface area contributed by atoms with Crippen molar-refractivity contribution >= 4 is 5.97 Å². The van der Waals surface area contributed by atoms with E-state index in [0.29, 0.717) is 5.92 Å². The van der Waals surface area contributed by atoms with Gasteiger partial charge in [0, 0.05) is 6.08 Å². The molecule has 0 aromatic carbocycles. The van der Waals surface area contributed by atoms with Crippen molar-refractivity contribution < 1.29 is 9.53 Å². The van der Waals surface area contributed by atoms with E-state index in [1.54, 1.807) is 6.08 Å². The zero-order chi connectivity index (χ0) is 12.4. The molecule has 0 radical (unpaired) electrons. The number of rotatable bonds is 3. The van der Waals surface area contributed by atoms with Crippen molar-refractivity contribution in [1.29, 1.82) is 0 Å². The molecule has 3 fully saturated rings. The summed E-state index contributed by atoms with van der Waals surface area (Å²) in [6.45, 7) is 0. The SMILES string of the molecule is O=C(/C=C/[C@H]1C[C@@H]2CC[C@H]1C2)OC1CCCCC1. The summed E-state index contributed by atoms with van der Waals surface area (Å²) >= 11 is 0. The minimum Gasteiger partial charge on any atom is -0.459 e. The van der Waals surface area contributed by atoms with Crippen LogP contribution in [-0.2, 0) is 9.53 Å². The molecule has 2 nitrogen and oxygen atoms in total. The smallest absolute Gasteiger partial charge is 0.330 e. The van der Waals surface area contributed by atoms with E-state index in [1.165, 1.54) is 44.9 Å². The van der Waals surface area contributed by atoms with Crippen LogP contribution in [0.15, 0.2) is 12.2 Å². The Morgan fingerprint density at radius 3 is 2.50 bits per heavy atom. The lowest BCUT2D eigenvalue weighted by Gasteiger charge is -2.21. The molecular formula is C16H24O2. The molecule has 0 spiro atoms. The van der Waals surface area contributed by atoms with Crippen LogP contribution in [0, 0.1) is 17.8 Å². The van der Waals surface area contributed by atoms with Gasteiger partial charge >= 0.3 is 5.97 Å². The highest BCUT2D eigenvalue weighted by atomic mass is 16.5. The van der Waals surface area contributed by atoms with Crippen molar-refractivity contribution in [2.24, 2.45) is 17.8 Å². The Balaban J connectivity index is 1.45. The fourth-order valence-corrected chi connectivity index (χ4v) is 4.12. The molecule has 2 bridgehead atoms. The van der Waals surface area contributed by atoms with Gasteiger partial charge in [-0.15, -0.1) is 0 Å². The van der Waals surface area contributed by atoms with Crippen molar-refractivity contribution in [3.8, 4) is 0 Å². The maximum Gasteiger partial charge on any atom is 0.330 e. The Hall–Kier alpha value is -0.790. The van der Waals surface area contributed by atoms with Gasteiger partial charge in [0.1, 0.15) is 6.10 Å². The average Bonchev–Trinajstić information content (AvgIpc) is 3.00. The fourth-order valence-electron chi connectivity index (χ4n) is 4.12. The number of hydrogen-bond acceptors (Lipinski definition) is 2. The first-order valence-electron chi connectivity index (χ1n) is 7.70. The largest absolute Gasteiger partial charge is 0.459 e. The number of allylic oxidation sites excluding steroid dienone is 1. The molecule has 0 aliphatic heterocycles. The molecule has 0 aromatic rings. The molecule has 0 heterocycles. The van der Waals surface area contributed by atoms with E-state index in [0.717, 1.165) is 24.7 Å². The number of esters is 1. The minimum absolute atomic E-state index is 0.107. The van der Waals surface area contributed by atoms with Gasteiger partial charge in [-0.05, 0) is 62.7 Å². The van der Waals surface area contributed by atoms with E-state index in [4.69, 9.17) is 4.74 Å². The summed E-state index contributed by atoms with van der Waals surface area (Å²) in [6.07, 6.45) is 15.4. The second kappa shape index (κ2) is 5.46. The van der Waals surface area contributed by atoms with Crippen LogP contribution in [0.25, 0.3) is 0 Å². The lowest BCUT2D eigenvalue weighted by atomic mass is 9.88. The van der Waals surface area contributed by atoms with Gasteiger partial charge in [-0.2, -0.15) is 0 Å². The van der Waals surface area contributed by atoms with Crippen molar-refractivity contribution in [2.45, 2.75) is 63.9 Å². The first kappa shape index (κ1) is 12.3. The molecule has 0 unspecified atom stereocenters. The first-order valence-corrected chi connectivity index (χ1v) is 7.70. The molecule has 3 atom stereocenters. The van der Waals surface area contributed by atoms with Crippen LogP contribution in [0.2, 0.25) is 0 Å². The zero-order valence-corrected chi connectivity index (χ0v) is 11.1. The van der Waals surface area contributed by atoms with Gasteiger partial charge in [-0.25, -0.2) is 4.79 Å². The molecule has 100 valence electrons. The molecule has 3 saturated carbocycles. The predicted octanol–water partition coefficient (Wildman–Crippen LogP) is 3.85. The maximum atomic E-state index is 11.8. The molecule has 0 N–H and O–H groups in total. The van der Waals surface area contributed by atoms with E-state index in [1.807, 2.05) is 0 Å². The normalized spacial score (nSPS) is 36.3. The quantitative estimate of drug-likeness (QED) is 0.560. The Morgan fingerprint density at radius 1 is 1.00 bits per heavy atom. The van der Waals surface area contributed by atoms with Gasteiger partial charge in [0.25, 0.3) is 0 Å². The lowest BCUT2D eigenvalue weighted by molar-refractivity contribution is -0.144. The highest BCUT2D eigenvalue weighted by molar-refractivity contribution is 5.82. The van der Waals surface area contributed by atoms with Crippen LogP contribution < -0.4 is 0 Å². The first-order chi connectivity index (χ1) is 8.81. The number of ether oxygens (including phenoxy) is 1. The summed E-state index contributed by atoms with van der Waals surface area (Å²) in [5.41, 5.74) is 0. The van der Waals surface area contributed by atoms with Crippen LogP contribution >= 0.6 is 0 Å². The topological polar surface area (TPSA) is 26.3 Å². The van der Waals surface area contributed by atoms with E-state index in [9.17, 15) is 4.79 Å². The van der Waals surface area contributed by atoms with Crippen molar-refractivity contribution in [3.63, 3.8) is 0 Å². The van der Waals surface area contributed by atoms with E-state index < -0.39 is 0 Å². The zero-order valence-electron chi connectivity index (χ0n) is 11.1. The maximum absolute atomic E-state index is 11.8. The van der Waals surface area contributed by atoms with Crippen LogP contribution in [0.3, 0.4) is 0 Å². The molecule has 18 heavy (non-hydrogen) atoms. The third kappa shape index (κ3) is 2.78.